The zero-order valence-corrected chi connectivity index (χ0v) is 13.2. The summed E-state index contributed by atoms with van der Waals surface area (Å²) in [5.74, 6) is 0.742. The van der Waals surface area contributed by atoms with E-state index in [-0.39, 0.29) is 24.1 Å². The summed E-state index contributed by atoms with van der Waals surface area (Å²) in [5.41, 5.74) is 0. The largest absolute Gasteiger partial charge is 1.00 e. The van der Waals surface area contributed by atoms with E-state index in [1.807, 2.05) is 0 Å². The molecule has 1 fully saturated rings. The van der Waals surface area contributed by atoms with Crippen LogP contribution in [0.3, 0.4) is 0 Å². The van der Waals surface area contributed by atoms with Gasteiger partial charge in [0.25, 0.3) is 0 Å². The van der Waals surface area contributed by atoms with E-state index < -0.39 is 7.26 Å². The van der Waals surface area contributed by atoms with Crippen molar-refractivity contribution in [2.45, 2.75) is 58.6 Å². The number of hydrogen-bond donors (Lipinski definition) is 2. The Morgan fingerprint density at radius 3 is 1.59 bits per heavy atom. The minimum atomic E-state index is -1.57. The lowest BCUT2D eigenvalue weighted by Crippen LogP contribution is -3.00. The van der Waals surface area contributed by atoms with Gasteiger partial charge in [-0.05, 0) is 18.3 Å². The lowest BCUT2D eigenvalue weighted by molar-refractivity contribution is -0.00000677. The Morgan fingerprint density at radius 1 is 0.941 bits per heavy atom. The smallest absolute Gasteiger partial charge is 0.166 e. The first kappa shape index (κ1) is 17.6. The van der Waals surface area contributed by atoms with Crippen molar-refractivity contribution in [2.24, 2.45) is 11.8 Å². The molecule has 0 aromatic carbocycles. The van der Waals surface area contributed by atoms with E-state index in [9.17, 15) is 10.2 Å². The van der Waals surface area contributed by atoms with Crippen molar-refractivity contribution in [2.75, 3.05) is 12.3 Å². The first-order valence-electron chi connectivity index (χ1n) is 6.61. The standard InChI is InChI=1S/C13H28O2P.ClH/c1-10(2)8-16(9-11(3)4)12(14)6-5-7-13(16)15;/h10-15H,5-9H2,1-4H3;1H/q+1;/p-1. The Hall–Kier alpha value is 0.640. The molecule has 1 saturated heterocycles. The molecule has 0 spiro atoms. The van der Waals surface area contributed by atoms with Crippen molar-refractivity contribution < 1.29 is 22.6 Å². The van der Waals surface area contributed by atoms with Crippen LogP contribution in [-0.2, 0) is 0 Å². The lowest BCUT2D eigenvalue weighted by atomic mass is 10.2. The molecule has 2 atom stereocenters. The van der Waals surface area contributed by atoms with Gasteiger partial charge in [0.2, 0.25) is 0 Å². The van der Waals surface area contributed by atoms with E-state index in [2.05, 4.69) is 27.7 Å². The summed E-state index contributed by atoms with van der Waals surface area (Å²) < 4.78 is 0. The Bertz CT molecular complexity index is 199. The van der Waals surface area contributed by atoms with Gasteiger partial charge in [0.15, 0.2) is 11.7 Å². The highest BCUT2D eigenvalue weighted by molar-refractivity contribution is 7.76. The molecular formula is C13H28ClO2P. The van der Waals surface area contributed by atoms with Gasteiger partial charge >= 0.3 is 0 Å². The second-order valence-electron chi connectivity index (χ2n) is 6.15. The molecule has 104 valence electrons. The summed E-state index contributed by atoms with van der Waals surface area (Å²) in [6.45, 7) is 8.82. The minimum absolute atomic E-state index is 0. The summed E-state index contributed by atoms with van der Waals surface area (Å²) >= 11 is 0. The topological polar surface area (TPSA) is 40.5 Å². The van der Waals surface area contributed by atoms with Crippen molar-refractivity contribution in [1.82, 2.24) is 0 Å². The van der Waals surface area contributed by atoms with Crippen molar-refractivity contribution in [3.8, 4) is 0 Å². The van der Waals surface area contributed by atoms with Crippen LogP contribution in [0.15, 0.2) is 0 Å². The maximum atomic E-state index is 10.4. The van der Waals surface area contributed by atoms with E-state index in [1.54, 1.807) is 0 Å². The van der Waals surface area contributed by atoms with Gasteiger partial charge in [-0.25, -0.2) is 0 Å². The summed E-state index contributed by atoms with van der Waals surface area (Å²) in [6.07, 6.45) is 4.90. The second kappa shape index (κ2) is 7.28. The highest BCUT2D eigenvalue weighted by Crippen LogP contribution is 2.71. The first-order valence-corrected chi connectivity index (χ1v) is 8.91. The maximum Gasteiger partial charge on any atom is 0.166 e. The molecular weight excluding hydrogens is 255 g/mol. The normalized spacial score (nSPS) is 28.2. The molecule has 1 heterocycles. The molecule has 0 amide bonds. The van der Waals surface area contributed by atoms with Crippen LogP contribution in [0.4, 0.5) is 0 Å². The van der Waals surface area contributed by atoms with Crippen LogP contribution in [0.2, 0.25) is 0 Å². The molecule has 2 unspecified atom stereocenters. The van der Waals surface area contributed by atoms with Gasteiger partial charge in [0.05, 0.1) is 19.6 Å². The summed E-state index contributed by atoms with van der Waals surface area (Å²) in [6, 6.07) is 0. The van der Waals surface area contributed by atoms with Crippen molar-refractivity contribution >= 4 is 7.26 Å². The molecule has 17 heavy (non-hydrogen) atoms. The Morgan fingerprint density at radius 2 is 1.29 bits per heavy atom. The van der Waals surface area contributed by atoms with E-state index in [0.29, 0.717) is 11.8 Å². The third-order valence-corrected chi connectivity index (χ3v) is 9.23. The molecule has 0 radical (unpaired) electrons. The number of rotatable bonds is 4. The van der Waals surface area contributed by atoms with Gasteiger partial charge in [-0.3, -0.25) is 0 Å². The average Bonchev–Trinajstić information content (AvgIpc) is 2.12. The molecule has 0 aromatic rings. The number of aliphatic hydroxyl groups excluding tert-OH is 2. The van der Waals surface area contributed by atoms with Crippen molar-refractivity contribution in [3.63, 3.8) is 0 Å². The van der Waals surface area contributed by atoms with Gasteiger partial charge in [0, 0.05) is 12.8 Å². The molecule has 0 aromatic heterocycles. The SMILES string of the molecule is CC(C)C[P+]1(CC(C)C)C(O)CCCC1O.[Cl-]. The van der Waals surface area contributed by atoms with E-state index in [4.69, 9.17) is 0 Å². The molecule has 1 aliphatic rings. The predicted molar refractivity (Wildman–Crippen MR) is 72.2 cm³/mol. The molecule has 4 heteroatoms. The number of halogens is 1. The maximum absolute atomic E-state index is 10.4. The first-order chi connectivity index (χ1) is 7.38. The average molecular weight is 283 g/mol. The number of hydrogen-bond acceptors (Lipinski definition) is 2. The number of aliphatic hydroxyl groups is 2. The summed E-state index contributed by atoms with van der Waals surface area (Å²) in [5, 5.41) is 20.8. The highest BCUT2D eigenvalue weighted by atomic mass is 35.5. The molecule has 0 bridgehead atoms. The third-order valence-electron chi connectivity index (χ3n) is 3.52. The van der Waals surface area contributed by atoms with E-state index in [1.165, 1.54) is 0 Å². The molecule has 0 aliphatic carbocycles. The predicted octanol–water partition coefficient (Wildman–Crippen LogP) is 0.141. The Labute approximate surface area is 113 Å². The van der Waals surface area contributed by atoms with Gasteiger partial charge < -0.3 is 22.6 Å². The van der Waals surface area contributed by atoms with Crippen LogP contribution in [-0.4, -0.2) is 34.2 Å². The van der Waals surface area contributed by atoms with Crippen molar-refractivity contribution in [3.05, 3.63) is 0 Å². The monoisotopic (exact) mass is 282 g/mol. The second-order valence-corrected chi connectivity index (χ2v) is 10.3. The van der Waals surface area contributed by atoms with E-state index in [0.717, 1.165) is 31.6 Å². The van der Waals surface area contributed by atoms with Crippen LogP contribution < -0.4 is 12.4 Å². The minimum Gasteiger partial charge on any atom is -1.00 e. The fourth-order valence-corrected chi connectivity index (χ4v) is 8.75. The molecule has 2 N–H and O–H groups in total. The van der Waals surface area contributed by atoms with Crippen LogP contribution in [0, 0.1) is 11.8 Å². The highest BCUT2D eigenvalue weighted by Gasteiger charge is 2.53. The molecule has 2 nitrogen and oxygen atoms in total. The van der Waals surface area contributed by atoms with E-state index >= 15 is 0 Å². The van der Waals surface area contributed by atoms with Gasteiger partial charge in [-0.2, -0.15) is 0 Å². The quantitative estimate of drug-likeness (QED) is 0.720. The molecule has 0 saturated carbocycles. The van der Waals surface area contributed by atoms with Gasteiger partial charge in [-0.1, -0.05) is 27.7 Å². The lowest BCUT2D eigenvalue weighted by Gasteiger charge is -2.40. The van der Waals surface area contributed by atoms with Gasteiger partial charge in [0.1, 0.15) is 0 Å². The Balaban J connectivity index is 0.00000256. The zero-order chi connectivity index (χ0) is 12.3. The summed E-state index contributed by atoms with van der Waals surface area (Å²) in [7, 11) is -1.57. The van der Waals surface area contributed by atoms with Crippen molar-refractivity contribution in [1.29, 1.82) is 0 Å². The zero-order valence-electron chi connectivity index (χ0n) is 11.6. The third kappa shape index (κ3) is 4.35. The molecule has 1 aliphatic heterocycles. The summed E-state index contributed by atoms with van der Waals surface area (Å²) in [4.78, 5) is 0. The van der Waals surface area contributed by atoms with Crippen LogP contribution in [0.1, 0.15) is 47.0 Å². The molecule has 1 rings (SSSR count). The van der Waals surface area contributed by atoms with Crippen LogP contribution in [0.25, 0.3) is 0 Å². The van der Waals surface area contributed by atoms with Crippen LogP contribution >= 0.6 is 7.26 Å². The Kier molecular flexibility index (Phi) is 7.56. The van der Waals surface area contributed by atoms with Crippen LogP contribution in [0.5, 0.6) is 0 Å². The fourth-order valence-electron chi connectivity index (χ4n) is 3.12. The fraction of sp³-hybridized carbons (Fsp3) is 1.00. The van der Waals surface area contributed by atoms with Gasteiger partial charge in [-0.15, -0.1) is 0 Å².